The zero-order valence-corrected chi connectivity index (χ0v) is 15.8. The molecule has 0 bridgehead atoms. The highest BCUT2D eigenvalue weighted by Crippen LogP contribution is 2.24. The SMILES string of the molecule is CC(=O)OCc1nc(CC(=O)N[C@H](C)c2ccccc2)cc2c1C(C)=NC2. The number of nitrogens with zero attached hydrogens (tertiary/aromatic N) is 2. The Morgan fingerprint density at radius 3 is 2.70 bits per heavy atom. The molecule has 0 saturated heterocycles. The molecule has 1 N–H and O–H groups in total. The summed E-state index contributed by atoms with van der Waals surface area (Å²) in [5.41, 5.74) is 5.18. The van der Waals surface area contributed by atoms with E-state index in [1.54, 1.807) is 0 Å². The second-order valence-electron chi connectivity index (χ2n) is 6.65. The maximum absolute atomic E-state index is 12.5. The fourth-order valence-corrected chi connectivity index (χ4v) is 3.22. The Morgan fingerprint density at radius 2 is 2.00 bits per heavy atom. The van der Waals surface area contributed by atoms with Crippen molar-refractivity contribution in [2.24, 2.45) is 4.99 Å². The van der Waals surface area contributed by atoms with Gasteiger partial charge in [0.25, 0.3) is 0 Å². The molecule has 1 aromatic heterocycles. The average molecular weight is 365 g/mol. The Morgan fingerprint density at radius 1 is 1.26 bits per heavy atom. The molecule has 2 heterocycles. The molecule has 2 aromatic rings. The zero-order valence-electron chi connectivity index (χ0n) is 15.8. The second-order valence-corrected chi connectivity index (χ2v) is 6.65. The number of rotatable bonds is 6. The Hall–Kier alpha value is -3.02. The van der Waals surface area contributed by atoms with Gasteiger partial charge in [-0.3, -0.25) is 19.6 Å². The van der Waals surface area contributed by atoms with Gasteiger partial charge in [-0.25, -0.2) is 0 Å². The number of benzene rings is 1. The molecule has 6 heteroatoms. The van der Waals surface area contributed by atoms with E-state index in [4.69, 9.17) is 4.74 Å². The fourth-order valence-electron chi connectivity index (χ4n) is 3.22. The third kappa shape index (κ3) is 4.58. The highest BCUT2D eigenvalue weighted by Gasteiger charge is 2.21. The molecule has 3 rings (SSSR count). The number of nitrogens with one attached hydrogen (secondary N) is 1. The summed E-state index contributed by atoms with van der Waals surface area (Å²) in [5, 5.41) is 3.00. The summed E-state index contributed by atoms with van der Waals surface area (Å²) in [5.74, 6) is -0.467. The largest absolute Gasteiger partial charge is 0.459 e. The van der Waals surface area contributed by atoms with E-state index in [0.29, 0.717) is 17.9 Å². The summed E-state index contributed by atoms with van der Waals surface area (Å²) in [4.78, 5) is 32.6. The van der Waals surface area contributed by atoms with E-state index >= 15 is 0 Å². The molecular formula is C21H23N3O3. The molecule has 0 aliphatic carbocycles. The number of hydrogen-bond donors (Lipinski definition) is 1. The van der Waals surface area contributed by atoms with Crippen LogP contribution in [0.15, 0.2) is 41.4 Å². The quantitative estimate of drug-likeness (QED) is 0.798. The van der Waals surface area contributed by atoms with Crippen molar-refractivity contribution in [2.45, 2.75) is 46.4 Å². The van der Waals surface area contributed by atoms with E-state index in [0.717, 1.165) is 22.4 Å². The monoisotopic (exact) mass is 365 g/mol. The van der Waals surface area contributed by atoms with Crippen molar-refractivity contribution in [3.63, 3.8) is 0 Å². The molecule has 1 aliphatic rings. The minimum atomic E-state index is -0.363. The lowest BCUT2D eigenvalue weighted by atomic mass is 10.0. The Balaban J connectivity index is 1.74. The molecule has 0 saturated carbocycles. The van der Waals surface area contributed by atoms with Gasteiger partial charge < -0.3 is 10.1 Å². The number of fused-ring (bicyclic) bond motifs is 1. The number of carbonyl (C=O) groups excluding carboxylic acids is 2. The van der Waals surface area contributed by atoms with Crippen LogP contribution in [0.3, 0.4) is 0 Å². The lowest BCUT2D eigenvalue weighted by Gasteiger charge is -2.15. The van der Waals surface area contributed by atoms with Gasteiger partial charge >= 0.3 is 5.97 Å². The van der Waals surface area contributed by atoms with Crippen molar-refractivity contribution in [3.8, 4) is 0 Å². The van der Waals surface area contributed by atoms with Crippen LogP contribution in [-0.2, 0) is 33.9 Å². The minimum absolute atomic E-state index is 0.0837. The van der Waals surface area contributed by atoms with E-state index < -0.39 is 0 Å². The summed E-state index contributed by atoms with van der Waals surface area (Å²) in [6.45, 7) is 5.88. The summed E-state index contributed by atoms with van der Waals surface area (Å²) >= 11 is 0. The van der Waals surface area contributed by atoms with Crippen LogP contribution >= 0.6 is 0 Å². The Kier molecular flexibility index (Phi) is 5.64. The van der Waals surface area contributed by atoms with Gasteiger partial charge in [-0.15, -0.1) is 0 Å². The van der Waals surface area contributed by atoms with Gasteiger partial charge in [0.1, 0.15) is 6.61 Å². The lowest BCUT2D eigenvalue weighted by molar-refractivity contribution is -0.142. The summed E-state index contributed by atoms with van der Waals surface area (Å²) < 4.78 is 5.13. The first-order valence-corrected chi connectivity index (χ1v) is 8.95. The van der Waals surface area contributed by atoms with Gasteiger partial charge in [-0.05, 0) is 31.0 Å². The highest BCUT2D eigenvalue weighted by molar-refractivity contribution is 6.03. The number of pyridine rings is 1. The molecule has 140 valence electrons. The molecule has 0 spiro atoms. The summed E-state index contributed by atoms with van der Waals surface area (Å²) in [6.07, 6.45) is 0.163. The molecule has 1 atom stereocenters. The van der Waals surface area contributed by atoms with E-state index in [2.05, 4.69) is 15.3 Å². The van der Waals surface area contributed by atoms with Crippen LogP contribution in [0, 0.1) is 0 Å². The van der Waals surface area contributed by atoms with Crippen LogP contribution in [0.4, 0.5) is 0 Å². The molecule has 0 unspecified atom stereocenters. The number of aliphatic imine (C=N–C) groups is 1. The Labute approximate surface area is 158 Å². The van der Waals surface area contributed by atoms with E-state index in [1.807, 2.05) is 50.2 Å². The molecular weight excluding hydrogens is 342 g/mol. The molecule has 0 radical (unpaired) electrons. The number of aromatic nitrogens is 1. The first-order chi connectivity index (χ1) is 12.9. The van der Waals surface area contributed by atoms with Crippen LogP contribution in [0.1, 0.15) is 54.9 Å². The maximum Gasteiger partial charge on any atom is 0.303 e. The molecule has 27 heavy (non-hydrogen) atoms. The first kappa shape index (κ1) is 18.8. The van der Waals surface area contributed by atoms with E-state index in [1.165, 1.54) is 6.92 Å². The van der Waals surface area contributed by atoms with Gasteiger partial charge in [0.05, 0.1) is 30.4 Å². The van der Waals surface area contributed by atoms with Gasteiger partial charge in [0.2, 0.25) is 5.91 Å². The van der Waals surface area contributed by atoms with Gasteiger partial charge in [0.15, 0.2) is 0 Å². The van der Waals surface area contributed by atoms with Crippen molar-refractivity contribution >= 4 is 17.6 Å². The average Bonchev–Trinajstić information content (AvgIpc) is 3.01. The second kappa shape index (κ2) is 8.12. The van der Waals surface area contributed by atoms with Gasteiger partial charge in [0, 0.05) is 18.2 Å². The lowest BCUT2D eigenvalue weighted by Crippen LogP contribution is -2.28. The predicted molar refractivity (Wildman–Crippen MR) is 102 cm³/mol. The third-order valence-corrected chi connectivity index (χ3v) is 4.51. The molecule has 1 aliphatic heterocycles. The van der Waals surface area contributed by atoms with E-state index in [9.17, 15) is 9.59 Å². The van der Waals surface area contributed by atoms with Crippen molar-refractivity contribution in [1.82, 2.24) is 10.3 Å². The van der Waals surface area contributed by atoms with Crippen molar-refractivity contribution < 1.29 is 14.3 Å². The van der Waals surface area contributed by atoms with Gasteiger partial charge in [-0.2, -0.15) is 0 Å². The number of esters is 1. The number of carbonyl (C=O) groups is 2. The highest BCUT2D eigenvalue weighted by atomic mass is 16.5. The van der Waals surface area contributed by atoms with Crippen molar-refractivity contribution in [3.05, 3.63) is 64.5 Å². The van der Waals surface area contributed by atoms with Crippen LogP contribution in [0.2, 0.25) is 0 Å². The van der Waals surface area contributed by atoms with E-state index in [-0.39, 0.29) is 30.9 Å². The molecule has 1 aromatic carbocycles. The van der Waals surface area contributed by atoms with Crippen LogP contribution in [0.5, 0.6) is 0 Å². The van der Waals surface area contributed by atoms with Gasteiger partial charge in [-0.1, -0.05) is 30.3 Å². The normalized spacial score (nSPS) is 13.5. The molecule has 6 nitrogen and oxygen atoms in total. The first-order valence-electron chi connectivity index (χ1n) is 8.95. The molecule has 0 fully saturated rings. The van der Waals surface area contributed by atoms with Crippen LogP contribution in [-0.4, -0.2) is 22.6 Å². The number of amides is 1. The Bertz CT molecular complexity index is 891. The number of hydrogen-bond acceptors (Lipinski definition) is 5. The summed E-state index contributed by atoms with van der Waals surface area (Å²) in [7, 11) is 0. The number of ether oxygens (including phenoxy) is 1. The maximum atomic E-state index is 12.5. The molecule has 1 amide bonds. The minimum Gasteiger partial charge on any atom is -0.459 e. The predicted octanol–water partition coefficient (Wildman–Crippen LogP) is 2.89. The third-order valence-electron chi connectivity index (χ3n) is 4.51. The summed E-state index contributed by atoms with van der Waals surface area (Å²) in [6, 6.07) is 11.6. The van der Waals surface area contributed by atoms with Crippen molar-refractivity contribution in [1.29, 1.82) is 0 Å². The smallest absolute Gasteiger partial charge is 0.303 e. The zero-order chi connectivity index (χ0) is 19.4. The fraction of sp³-hybridized carbons (Fsp3) is 0.333. The standard InChI is InChI=1S/C21H23N3O3/c1-13(16-7-5-4-6-8-16)23-20(26)10-18-9-17-11-22-14(2)21(17)19(24-18)12-27-15(3)25/h4-9,13H,10-12H2,1-3H3,(H,23,26)/t13-/m1/s1. The van der Waals surface area contributed by atoms with Crippen LogP contribution in [0.25, 0.3) is 0 Å². The van der Waals surface area contributed by atoms with Crippen molar-refractivity contribution in [2.75, 3.05) is 0 Å². The topological polar surface area (TPSA) is 80.6 Å². The van der Waals surface area contributed by atoms with Crippen LogP contribution < -0.4 is 5.32 Å².